The van der Waals surface area contributed by atoms with E-state index in [1.54, 1.807) is 30.3 Å². The molecule has 166 valence electrons. The van der Waals surface area contributed by atoms with Gasteiger partial charge in [-0.15, -0.1) is 0 Å². The quantitative estimate of drug-likeness (QED) is 0.661. The van der Waals surface area contributed by atoms with Crippen LogP contribution in [0.15, 0.2) is 59.5 Å². The fourth-order valence-electron chi connectivity index (χ4n) is 3.71. The van der Waals surface area contributed by atoms with Gasteiger partial charge in [0, 0.05) is 13.1 Å². The number of nitrogens with zero attached hydrogens (tertiary/aromatic N) is 1. The number of benzene rings is 2. The van der Waals surface area contributed by atoms with Crippen molar-refractivity contribution in [2.45, 2.75) is 43.5 Å². The number of ether oxygens (including phenoxy) is 1. The van der Waals surface area contributed by atoms with E-state index in [4.69, 9.17) is 4.74 Å². The summed E-state index contributed by atoms with van der Waals surface area (Å²) in [6.45, 7) is 1.71. The number of carbonyl (C=O) groups is 2. The fourth-order valence-corrected chi connectivity index (χ4v) is 4.95. The monoisotopic (exact) mass is 444 g/mol. The van der Waals surface area contributed by atoms with Gasteiger partial charge in [-0.05, 0) is 49.1 Å². The van der Waals surface area contributed by atoms with E-state index >= 15 is 0 Å². The molecule has 31 heavy (non-hydrogen) atoms. The molecular weight excluding hydrogens is 416 g/mol. The molecule has 1 aliphatic rings. The number of sulfonamides is 1. The molecule has 0 spiro atoms. The number of para-hydroxylation sites is 1. The first kappa shape index (κ1) is 22.8. The first-order valence-electron chi connectivity index (χ1n) is 10.4. The third kappa shape index (κ3) is 5.64. The molecule has 1 aliphatic carbocycles. The van der Waals surface area contributed by atoms with Gasteiger partial charge in [0.15, 0.2) is 6.61 Å². The Kier molecular flexibility index (Phi) is 7.33. The number of hydrogen-bond donors (Lipinski definition) is 1. The summed E-state index contributed by atoms with van der Waals surface area (Å²) in [6.07, 6.45) is 4.24. The summed E-state index contributed by atoms with van der Waals surface area (Å²) in [4.78, 5) is 24.6. The highest BCUT2D eigenvalue weighted by atomic mass is 32.2. The molecule has 0 heterocycles. The van der Waals surface area contributed by atoms with Crippen LogP contribution in [0.5, 0.6) is 0 Å². The van der Waals surface area contributed by atoms with Crippen molar-refractivity contribution in [2.75, 3.05) is 18.0 Å². The highest BCUT2D eigenvalue weighted by Crippen LogP contribution is 2.24. The summed E-state index contributed by atoms with van der Waals surface area (Å²) in [5.74, 6) is -0.692. The second-order valence-electron chi connectivity index (χ2n) is 7.85. The predicted molar refractivity (Wildman–Crippen MR) is 118 cm³/mol. The van der Waals surface area contributed by atoms with Crippen LogP contribution >= 0.6 is 0 Å². The molecule has 0 bridgehead atoms. The zero-order valence-corrected chi connectivity index (χ0v) is 18.6. The Morgan fingerprint density at radius 2 is 1.77 bits per heavy atom. The molecule has 2 aromatic rings. The topological polar surface area (TPSA) is 92.8 Å². The normalized spacial score (nSPS) is 18.8. The number of rotatable bonds is 7. The van der Waals surface area contributed by atoms with Crippen LogP contribution in [0.3, 0.4) is 0 Å². The van der Waals surface area contributed by atoms with Gasteiger partial charge in [0.05, 0.1) is 16.1 Å². The van der Waals surface area contributed by atoms with Crippen LogP contribution in [0.25, 0.3) is 0 Å². The van der Waals surface area contributed by atoms with E-state index < -0.39 is 22.6 Å². The van der Waals surface area contributed by atoms with Gasteiger partial charge in [-0.3, -0.25) is 9.10 Å². The Hall–Kier alpha value is -2.87. The number of anilines is 1. The Bertz CT molecular complexity index is 1020. The van der Waals surface area contributed by atoms with Crippen LogP contribution in [0.1, 0.15) is 43.0 Å². The van der Waals surface area contributed by atoms with Gasteiger partial charge >= 0.3 is 5.97 Å². The molecule has 0 aliphatic heterocycles. The van der Waals surface area contributed by atoms with Crippen LogP contribution in [-0.4, -0.2) is 40.0 Å². The number of nitrogens with one attached hydrogen (secondary N) is 1. The third-order valence-corrected chi connectivity index (χ3v) is 7.42. The number of amides is 1. The van der Waals surface area contributed by atoms with Crippen molar-refractivity contribution in [3.63, 3.8) is 0 Å². The van der Waals surface area contributed by atoms with Gasteiger partial charge < -0.3 is 10.1 Å². The lowest BCUT2D eigenvalue weighted by Crippen LogP contribution is -2.42. The Morgan fingerprint density at radius 1 is 1.06 bits per heavy atom. The summed E-state index contributed by atoms with van der Waals surface area (Å²) < 4.78 is 32.1. The van der Waals surface area contributed by atoms with E-state index in [-0.39, 0.29) is 22.4 Å². The van der Waals surface area contributed by atoms with Crippen LogP contribution in [0, 0.1) is 5.92 Å². The van der Waals surface area contributed by atoms with E-state index in [9.17, 15) is 18.0 Å². The van der Waals surface area contributed by atoms with Crippen LogP contribution < -0.4 is 9.62 Å². The average molecular weight is 445 g/mol. The number of esters is 1. The summed E-state index contributed by atoms with van der Waals surface area (Å²) >= 11 is 0. The molecule has 2 atom stereocenters. The second-order valence-corrected chi connectivity index (χ2v) is 9.82. The van der Waals surface area contributed by atoms with Gasteiger partial charge in [0.1, 0.15) is 0 Å². The van der Waals surface area contributed by atoms with Crippen molar-refractivity contribution in [1.82, 2.24) is 5.32 Å². The zero-order valence-electron chi connectivity index (χ0n) is 17.8. The summed E-state index contributed by atoms with van der Waals surface area (Å²) in [6, 6.07) is 14.4. The van der Waals surface area contributed by atoms with Crippen molar-refractivity contribution in [3.05, 3.63) is 60.2 Å². The molecule has 8 heteroatoms. The lowest BCUT2D eigenvalue weighted by Gasteiger charge is -2.29. The van der Waals surface area contributed by atoms with Gasteiger partial charge in [-0.25, -0.2) is 13.2 Å². The molecule has 1 saturated carbocycles. The van der Waals surface area contributed by atoms with Crippen LogP contribution in [0.4, 0.5) is 5.69 Å². The summed E-state index contributed by atoms with van der Waals surface area (Å²) in [7, 11) is -2.41. The lowest BCUT2D eigenvalue weighted by atomic mass is 9.86. The molecule has 0 radical (unpaired) electrons. The molecule has 2 aromatic carbocycles. The second kappa shape index (κ2) is 9.96. The third-order valence-electron chi connectivity index (χ3n) is 5.64. The van der Waals surface area contributed by atoms with Gasteiger partial charge in [-0.2, -0.15) is 0 Å². The van der Waals surface area contributed by atoms with Crippen molar-refractivity contribution in [2.24, 2.45) is 5.92 Å². The minimum absolute atomic E-state index is 0.0335. The molecule has 1 N–H and O–H groups in total. The summed E-state index contributed by atoms with van der Waals surface area (Å²) in [5, 5.41) is 2.93. The highest BCUT2D eigenvalue weighted by Gasteiger charge is 2.24. The van der Waals surface area contributed by atoms with Gasteiger partial charge in [0.2, 0.25) is 0 Å². The zero-order chi connectivity index (χ0) is 22.4. The SMILES string of the molecule is C[C@@H]1CCCC[C@H]1NC(=O)COC(=O)c1cccc(S(=O)(=O)N(C)c2ccccc2)c1. The largest absolute Gasteiger partial charge is 0.452 e. The Morgan fingerprint density at radius 3 is 2.48 bits per heavy atom. The fraction of sp³-hybridized carbons (Fsp3) is 0.391. The maximum atomic E-state index is 12.9. The molecule has 1 amide bonds. The van der Waals surface area contributed by atoms with Crippen LogP contribution in [-0.2, 0) is 19.6 Å². The maximum absolute atomic E-state index is 12.9. The Balaban J connectivity index is 1.64. The van der Waals surface area contributed by atoms with E-state index in [1.165, 1.54) is 37.7 Å². The van der Waals surface area contributed by atoms with Crippen LogP contribution in [0.2, 0.25) is 0 Å². The van der Waals surface area contributed by atoms with Crippen molar-refractivity contribution in [3.8, 4) is 0 Å². The maximum Gasteiger partial charge on any atom is 0.338 e. The van der Waals surface area contributed by atoms with E-state index in [1.807, 2.05) is 0 Å². The van der Waals surface area contributed by atoms with Gasteiger partial charge in [-0.1, -0.05) is 44.0 Å². The van der Waals surface area contributed by atoms with Gasteiger partial charge in [0.25, 0.3) is 15.9 Å². The molecule has 1 fully saturated rings. The molecule has 0 unspecified atom stereocenters. The van der Waals surface area contributed by atoms with Crippen molar-refractivity contribution >= 4 is 27.6 Å². The van der Waals surface area contributed by atoms with E-state index in [2.05, 4.69) is 12.2 Å². The smallest absolute Gasteiger partial charge is 0.338 e. The summed E-state index contributed by atoms with van der Waals surface area (Å²) in [5.41, 5.74) is 0.575. The molecular formula is C23H28N2O5S. The molecule has 0 aromatic heterocycles. The average Bonchev–Trinajstić information content (AvgIpc) is 2.79. The first-order valence-corrected chi connectivity index (χ1v) is 11.8. The first-order chi connectivity index (χ1) is 14.8. The molecule has 3 rings (SSSR count). The minimum atomic E-state index is -3.86. The van der Waals surface area contributed by atoms with Crippen molar-refractivity contribution in [1.29, 1.82) is 0 Å². The Labute approximate surface area is 183 Å². The number of carbonyl (C=O) groups excluding carboxylic acids is 2. The predicted octanol–water partition coefficient (Wildman–Crippen LogP) is 3.36. The minimum Gasteiger partial charge on any atom is -0.452 e. The number of hydrogen-bond acceptors (Lipinski definition) is 5. The van der Waals surface area contributed by atoms with E-state index in [0.717, 1.165) is 23.6 Å². The highest BCUT2D eigenvalue weighted by molar-refractivity contribution is 7.92. The van der Waals surface area contributed by atoms with Crippen molar-refractivity contribution < 1.29 is 22.7 Å². The van der Waals surface area contributed by atoms with E-state index in [0.29, 0.717) is 11.6 Å². The molecule has 7 nitrogen and oxygen atoms in total. The standard InChI is InChI=1S/C23H28N2O5S/c1-17-9-6-7-14-21(17)24-22(26)16-30-23(27)18-10-8-13-20(15-18)31(28,29)25(2)19-11-4-3-5-12-19/h3-5,8,10-13,15,17,21H,6-7,9,14,16H2,1-2H3,(H,24,26)/t17-,21-/m1/s1. The lowest BCUT2D eigenvalue weighted by molar-refractivity contribution is -0.125. The molecule has 0 saturated heterocycles.